The lowest BCUT2D eigenvalue weighted by molar-refractivity contribution is -0.115. The summed E-state index contributed by atoms with van der Waals surface area (Å²) in [5.74, 6) is 0.211. The molecule has 0 aliphatic rings. The molecule has 1 heterocycles. The Kier molecular flexibility index (Phi) is 5.48. The number of anilines is 1. The minimum atomic E-state index is -0.424. The first-order valence-corrected chi connectivity index (χ1v) is 8.88. The van der Waals surface area contributed by atoms with E-state index in [1.54, 1.807) is 31.2 Å². The molecule has 0 saturated carbocycles. The second-order valence-electron chi connectivity index (χ2n) is 5.62. The van der Waals surface area contributed by atoms with Crippen LogP contribution in [0.3, 0.4) is 0 Å². The Morgan fingerprint density at radius 3 is 2.38 bits per heavy atom. The molecule has 1 atom stereocenters. The highest BCUT2D eigenvalue weighted by Crippen LogP contribution is 2.26. The average Bonchev–Trinajstić information content (AvgIpc) is 3.11. The third-order valence-corrected chi connectivity index (χ3v) is 4.57. The van der Waals surface area contributed by atoms with E-state index < -0.39 is 5.25 Å². The Balaban J connectivity index is 1.61. The van der Waals surface area contributed by atoms with E-state index in [0.29, 0.717) is 22.4 Å². The van der Waals surface area contributed by atoms with E-state index in [-0.39, 0.29) is 11.7 Å². The number of carbonyl (C=O) groups excluding carboxylic acids is 2. The summed E-state index contributed by atoms with van der Waals surface area (Å²) < 4.78 is 5.61. The van der Waals surface area contributed by atoms with Crippen LogP contribution in [0.25, 0.3) is 11.5 Å². The van der Waals surface area contributed by atoms with Gasteiger partial charge >= 0.3 is 0 Å². The van der Waals surface area contributed by atoms with Crippen LogP contribution >= 0.6 is 11.8 Å². The summed E-state index contributed by atoms with van der Waals surface area (Å²) in [7, 11) is 0. The largest absolute Gasteiger partial charge is 0.411 e. The van der Waals surface area contributed by atoms with Gasteiger partial charge in [-0.25, -0.2) is 0 Å². The Hall–Kier alpha value is -2.93. The zero-order chi connectivity index (χ0) is 18.5. The number of ketones is 1. The van der Waals surface area contributed by atoms with Crippen molar-refractivity contribution in [3.63, 3.8) is 0 Å². The molecular weight excluding hydrogens is 350 g/mol. The molecule has 3 rings (SSSR count). The molecule has 0 fully saturated rings. The molecule has 0 saturated heterocycles. The fraction of sp³-hybridized carbons (Fsp3) is 0.158. The molecule has 6 nitrogen and oxygen atoms in total. The molecule has 1 unspecified atom stereocenters. The Morgan fingerprint density at radius 1 is 1.04 bits per heavy atom. The van der Waals surface area contributed by atoms with Crippen molar-refractivity contribution in [2.24, 2.45) is 0 Å². The Morgan fingerprint density at radius 2 is 1.73 bits per heavy atom. The van der Waals surface area contributed by atoms with Crippen molar-refractivity contribution in [1.82, 2.24) is 10.2 Å². The van der Waals surface area contributed by atoms with Gasteiger partial charge in [0.05, 0.1) is 5.25 Å². The summed E-state index contributed by atoms with van der Waals surface area (Å²) in [6.45, 7) is 3.26. The third kappa shape index (κ3) is 4.37. The van der Waals surface area contributed by atoms with Gasteiger partial charge in [0.15, 0.2) is 5.78 Å². The molecule has 0 bridgehead atoms. The second kappa shape index (κ2) is 7.97. The molecular formula is C19H17N3O3S. The first kappa shape index (κ1) is 17.9. The van der Waals surface area contributed by atoms with E-state index in [1.165, 1.54) is 18.7 Å². The molecule has 0 radical (unpaired) electrons. The number of carbonyl (C=O) groups is 2. The standard InChI is InChI=1S/C19H17N3O3S/c1-12(23)14-8-10-16(11-9-14)20-17(24)13(2)26-19-22-21-18(25-19)15-6-4-3-5-7-15/h3-11,13H,1-2H3,(H,20,24). The van der Waals surface area contributed by atoms with Gasteiger partial charge in [0.2, 0.25) is 11.8 Å². The third-order valence-electron chi connectivity index (χ3n) is 3.63. The summed E-state index contributed by atoms with van der Waals surface area (Å²) in [4.78, 5) is 23.6. The van der Waals surface area contributed by atoms with Crippen molar-refractivity contribution < 1.29 is 14.0 Å². The summed E-state index contributed by atoms with van der Waals surface area (Å²) in [6.07, 6.45) is 0. The maximum atomic E-state index is 12.3. The SMILES string of the molecule is CC(=O)c1ccc(NC(=O)C(C)Sc2nnc(-c3ccccc3)o2)cc1. The normalized spacial score (nSPS) is 11.8. The van der Waals surface area contributed by atoms with Gasteiger partial charge in [-0.05, 0) is 50.2 Å². The number of nitrogens with one attached hydrogen (secondary N) is 1. The van der Waals surface area contributed by atoms with E-state index in [2.05, 4.69) is 15.5 Å². The lowest BCUT2D eigenvalue weighted by atomic mass is 10.1. The van der Waals surface area contributed by atoms with Gasteiger partial charge in [0, 0.05) is 16.8 Å². The number of thioether (sulfide) groups is 1. The summed E-state index contributed by atoms with van der Waals surface area (Å²) in [5, 5.41) is 10.7. The molecule has 0 spiro atoms. The van der Waals surface area contributed by atoms with Crippen molar-refractivity contribution in [2.45, 2.75) is 24.3 Å². The van der Waals surface area contributed by atoms with Gasteiger partial charge in [-0.1, -0.05) is 30.0 Å². The highest BCUT2D eigenvalue weighted by molar-refractivity contribution is 8.00. The minimum Gasteiger partial charge on any atom is -0.411 e. The predicted octanol–water partition coefficient (Wildman–Crippen LogP) is 4.06. The van der Waals surface area contributed by atoms with Crippen LogP contribution in [-0.4, -0.2) is 27.1 Å². The van der Waals surface area contributed by atoms with E-state index in [9.17, 15) is 9.59 Å². The minimum absolute atomic E-state index is 0.0163. The predicted molar refractivity (Wildman–Crippen MR) is 100 cm³/mol. The number of hydrogen-bond acceptors (Lipinski definition) is 6. The van der Waals surface area contributed by atoms with Crippen molar-refractivity contribution in [3.05, 3.63) is 60.2 Å². The highest BCUT2D eigenvalue weighted by Gasteiger charge is 2.19. The van der Waals surface area contributed by atoms with Gasteiger partial charge in [-0.15, -0.1) is 10.2 Å². The summed E-state index contributed by atoms with van der Waals surface area (Å²) in [5.41, 5.74) is 2.06. The van der Waals surface area contributed by atoms with Crippen molar-refractivity contribution in [2.75, 3.05) is 5.32 Å². The molecule has 3 aromatic rings. The van der Waals surface area contributed by atoms with E-state index in [0.717, 1.165) is 5.56 Å². The fourth-order valence-corrected chi connectivity index (χ4v) is 2.88. The smallest absolute Gasteiger partial charge is 0.277 e. The van der Waals surface area contributed by atoms with Crippen molar-refractivity contribution in [3.8, 4) is 11.5 Å². The van der Waals surface area contributed by atoms with Gasteiger partial charge < -0.3 is 9.73 Å². The van der Waals surface area contributed by atoms with Crippen LogP contribution < -0.4 is 5.32 Å². The number of aromatic nitrogens is 2. The van der Waals surface area contributed by atoms with Gasteiger partial charge in [-0.3, -0.25) is 9.59 Å². The quantitative estimate of drug-likeness (QED) is 0.522. The lowest BCUT2D eigenvalue weighted by Gasteiger charge is -2.10. The maximum Gasteiger partial charge on any atom is 0.277 e. The van der Waals surface area contributed by atoms with Crippen LogP contribution in [0.1, 0.15) is 24.2 Å². The van der Waals surface area contributed by atoms with Crippen LogP contribution in [0.2, 0.25) is 0 Å². The molecule has 26 heavy (non-hydrogen) atoms. The highest BCUT2D eigenvalue weighted by atomic mass is 32.2. The summed E-state index contributed by atoms with van der Waals surface area (Å²) >= 11 is 1.19. The molecule has 132 valence electrons. The van der Waals surface area contributed by atoms with Crippen molar-refractivity contribution >= 4 is 29.1 Å². The maximum absolute atomic E-state index is 12.3. The first-order valence-electron chi connectivity index (χ1n) is 8.00. The fourth-order valence-electron chi connectivity index (χ4n) is 2.19. The van der Waals surface area contributed by atoms with Crippen LogP contribution in [0.5, 0.6) is 0 Å². The van der Waals surface area contributed by atoms with E-state index in [1.807, 2.05) is 30.3 Å². The molecule has 2 aromatic carbocycles. The monoisotopic (exact) mass is 367 g/mol. The molecule has 1 N–H and O–H groups in total. The Labute approximate surface area is 155 Å². The number of benzene rings is 2. The molecule has 0 aliphatic carbocycles. The number of hydrogen-bond donors (Lipinski definition) is 1. The number of nitrogens with zero attached hydrogens (tertiary/aromatic N) is 2. The summed E-state index contributed by atoms with van der Waals surface area (Å²) in [6, 6.07) is 16.2. The van der Waals surface area contributed by atoms with Crippen molar-refractivity contribution in [1.29, 1.82) is 0 Å². The molecule has 7 heteroatoms. The van der Waals surface area contributed by atoms with Crippen LogP contribution in [0, 0.1) is 0 Å². The first-order chi connectivity index (χ1) is 12.5. The van der Waals surface area contributed by atoms with Gasteiger partial charge in [0.1, 0.15) is 0 Å². The second-order valence-corrected chi connectivity index (χ2v) is 6.91. The van der Waals surface area contributed by atoms with Crippen LogP contribution in [0.15, 0.2) is 64.2 Å². The van der Waals surface area contributed by atoms with E-state index in [4.69, 9.17) is 4.42 Å². The van der Waals surface area contributed by atoms with Gasteiger partial charge in [-0.2, -0.15) is 0 Å². The average molecular weight is 367 g/mol. The van der Waals surface area contributed by atoms with Crippen LogP contribution in [-0.2, 0) is 4.79 Å². The van der Waals surface area contributed by atoms with Gasteiger partial charge in [0.25, 0.3) is 5.22 Å². The number of amides is 1. The molecule has 0 aliphatic heterocycles. The van der Waals surface area contributed by atoms with E-state index >= 15 is 0 Å². The topological polar surface area (TPSA) is 85.1 Å². The lowest BCUT2D eigenvalue weighted by Crippen LogP contribution is -2.22. The molecule has 1 aromatic heterocycles. The zero-order valence-electron chi connectivity index (χ0n) is 14.3. The Bertz CT molecular complexity index is 907. The zero-order valence-corrected chi connectivity index (χ0v) is 15.1. The van der Waals surface area contributed by atoms with Crippen LogP contribution in [0.4, 0.5) is 5.69 Å². The number of rotatable bonds is 6. The number of Topliss-reactive ketones (excluding diaryl/α,β-unsaturated/α-hetero) is 1. The molecule has 1 amide bonds.